The predicted octanol–water partition coefficient (Wildman–Crippen LogP) is 4.08. The van der Waals surface area contributed by atoms with E-state index in [1.54, 1.807) is 24.5 Å². The number of aromatic nitrogens is 6. The highest BCUT2D eigenvalue weighted by molar-refractivity contribution is 5.99. The molecule has 3 aromatic heterocycles. The molecule has 0 aliphatic carbocycles. The van der Waals surface area contributed by atoms with E-state index in [1.807, 2.05) is 30.2 Å². The number of furan rings is 1. The van der Waals surface area contributed by atoms with Crippen molar-refractivity contribution in [1.29, 1.82) is 0 Å². The fourth-order valence-electron chi connectivity index (χ4n) is 7.71. The fraction of sp³-hybridized carbons (Fsp3) is 0.422. The number of H-pyrrole nitrogens is 1. The van der Waals surface area contributed by atoms with Gasteiger partial charge in [0.2, 0.25) is 17.7 Å². The number of amides is 4. The zero-order valence-corrected chi connectivity index (χ0v) is 36.1. The van der Waals surface area contributed by atoms with E-state index < -0.39 is 17.5 Å². The summed E-state index contributed by atoms with van der Waals surface area (Å²) in [6.07, 6.45) is 12.9. The van der Waals surface area contributed by atoms with Crippen LogP contribution in [0, 0.1) is 0 Å². The van der Waals surface area contributed by atoms with Crippen molar-refractivity contribution in [2.24, 2.45) is 4.99 Å². The third-order valence-electron chi connectivity index (χ3n) is 11.4. The molecule has 2 aliphatic rings. The number of carbonyl (C=O) groups is 4. The Hall–Kier alpha value is -7.18. The summed E-state index contributed by atoms with van der Waals surface area (Å²) in [6, 6.07) is 16.1. The van der Waals surface area contributed by atoms with Crippen LogP contribution in [0.4, 0.5) is 11.4 Å². The largest absolute Gasteiger partial charge is 0.467 e. The Morgan fingerprint density at radius 1 is 0.953 bits per heavy atom. The standard InChI is InChI=1S/C45H55N13O6/c1-31(47-27-35-10-9-25-64-35)48-28-37(43-50-30-51-54-43)32-12-15-34(16-13-32)56-21-23-57(24-22-56)42(61)11-7-5-3-2-4-6-8-20-46-41(60)29-49-33-14-17-38-36(26-33)45(63)58(55-53-38)39-18-19-40(59)52-44(39)62/h9-10,12-17,25-26,28,30,39,49H,2-8,11,18-24,27,29H2,1H3,(H,46,60)(H,47,48)(H,50,51,54)(H,52,59,62)/b37-28-. The molecule has 336 valence electrons. The fourth-order valence-corrected chi connectivity index (χ4v) is 7.71. The molecule has 2 fully saturated rings. The summed E-state index contributed by atoms with van der Waals surface area (Å²) in [5, 5.41) is 26.7. The Labute approximate surface area is 370 Å². The second kappa shape index (κ2) is 22.3. The summed E-state index contributed by atoms with van der Waals surface area (Å²) >= 11 is 0. The normalized spacial score (nSPS) is 15.9. The first-order valence-corrected chi connectivity index (χ1v) is 21.9. The van der Waals surface area contributed by atoms with Gasteiger partial charge in [-0.3, -0.25) is 39.4 Å². The second-order valence-corrected chi connectivity index (χ2v) is 15.9. The third-order valence-corrected chi connectivity index (χ3v) is 11.4. The number of carbonyl (C=O) groups excluding carboxylic acids is 4. The number of nitrogens with zero attached hydrogens (tertiary/aromatic N) is 8. The average Bonchev–Trinajstić information content (AvgIpc) is 4.05. The number of amidine groups is 1. The van der Waals surface area contributed by atoms with E-state index in [0.717, 1.165) is 91.1 Å². The number of hydrogen-bond donors (Lipinski definition) is 5. The summed E-state index contributed by atoms with van der Waals surface area (Å²) in [5.41, 5.74) is 3.35. The Balaban J connectivity index is 0.734. The highest BCUT2D eigenvalue weighted by Gasteiger charge is 2.30. The zero-order chi connectivity index (χ0) is 44.7. The summed E-state index contributed by atoms with van der Waals surface area (Å²) in [5.74, 6) is 1.27. The van der Waals surface area contributed by atoms with Crippen molar-refractivity contribution in [2.75, 3.05) is 49.5 Å². The van der Waals surface area contributed by atoms with Gasteiger partial charge in [-0.1, -0.05) is 49.5 Å². The monoisotopic (exact) mass is 873 g/mol. The maximum absolute atomic E-state index is 13.1. The number of benzene rings is 2. The number of imide groups is 1. The molecule has 64 heavy (non-hydrogen) atoms. The number of aliphatic imine (C=N–C) groups is 1. The molecule has 1 atom stereocenters. The van der Waals surface area contributed by atoms with Gasteiger partial charge in [0.1, 0.15) is 23.6 Å². The van der Waals surface area contributed by atoms with Crippen molar-refractivity contribution in [3.63, 3.8) is 0 Å². The van der Waals surface area contributed by atoms with Crippen LogP contribution in [-0.2, 0) is 25.7 Å². The molecule has 5 N–H and O–H groups in total. The molecule has 2 aromatic carbocycles. The number of rotatable bonds is 20. The van der Waals surface area contributed by atoms with Gasteiger partial charge in [0.15, 0.2) is 5.82 Å². The number of hydrogen-bond acceptors (Lipinski definition) is 13. The molecule has 4 amide bonds. The first kappa shape index (κ1) is 44.9. The number of fused-ring (bicyclic) bond motifs is 1. The quantitative estimate of drug-likeness (QED) is 0.0321. The highest BCUT2D eigenvalue weighted by Crippen LogP contribution is 2.25. The van der Waals surface area contributed by atoms with E-state index in [9.17, 15) is 24.0 Å². The molecular formula is C45H55N13O6. The maximum Gasteiger partial charge on any atom is 0.278 e. The molecule has 19 heteroatoms. The average molecular weight is 874 g/mol. The number of anilines is 2. The second-order valence-electron chi connectivity index (χ2n) is 15.9. The van der Waals surface area contributed by atoms with Gasteiger partial charge >= 0.3 is 0 Å². The summed E-state index contributed by atoms with van der Waals surface area (Å²) in [6.45, 7) is 5.90. The van der Waals surface area contributed by atoms with E-state index in [0.29, 0.717) is 49.6 Å². The first-order valence-electron chi connectivity index (χ1n) is 21.9. The van der Waals surface area contributed by atoms with Crippen molar-refractivity contribution in [3.05, 3.63) is 101 Å². The first-order chi connectivity index (χ1) is 31.2. The van der Waals surface area contributed by atoms with Crippen LogP contribution >= 0.6 is 0 Å². The van der Waals surface area contributed by atoms with E-state index in [-0.39, 0.29) is 42.5 Å². The Bertz CT molecular complexity index is 2470. The molecule has 0 radical (unpaired) electrons. The van der Waals surface area contributed by atoms with Crippen LogP contribution in [0.1, 0.15) is 94.3 Å². The SMILES string of the molecule is CC(=NCc1ccco1)N/C=C(/c1ccc(N2CCN(C(=O)CCCCCCCCCNC(=O)CNc3ccc4nnn(C5CCC(=O)NC5=O)c(=O)c4c3)CC2)cc1)c1ncn[nH]1. The van der Waals surface area contributed by atoms with Crippen LogP contribution in [0.25, 0.3) is 16.5 Å². The summed E-state index contributed by atoms with van der Waals surface area (Å²) in [4.78, 5) is 75.6. The van der Waals surface area contributed by atoms with Crippen molar-refractivity contribution in [1.82, 2.24) is 51.0 Å². The van der Waals surface area contributed by atoms with Crippen molar-refractivity contribution < 1.29 is 23.6 Å². The molecule has 5 aromatic rings. The topological polar surface area (TPSA) is 238 Å². The molecule has 2 aliphatic heterocycles. The Morgan fingerprint density at radius 2 is 1.73 bits per heavy atom. The van der Waals surface area contributed by atoms with E-state index in [4.69, 9.17) is 4.42 Å². The minimum absolute atomic E-state index is 0.0307. The lowest BCUT2D eigenvalue weighted by atomic mass is 10.1. The molecular weight excluding hydrogens is 819 g/mol. The molecule has 19 nitrogen and oxygen atoms in total. The third kappa shape index (κ3) is 12.3. The lowest BCUT2D eigenvalue weighted by Crippen LogP contribution is -2.48. The summed E-state index contributed by atoms with van der Waals surface area (Å²) in [7, 11) is 0. The van der Waals surface area contributed by atoms with Gasteiger partial charge in [-0.2, -0.15) is 9.78 Å². The van der Waals surface area contributed by atoms with Gasteiger partial charge in [-0.25, -0.2) is 4.98 Å². The molecule has 5 heterocycles. The molecule has 0 bridgehead atoms. The predicted molar refractivity (Wildman–Crippen MR) is 241 cm³/mol. The lowest BCUT2D eigenvalue weighted by Gasteiger charge is -2.36. The number of nitrogens with one attached hydrogen (secondary N) is 5. The smallest absolute Gasteiger partial charge is 0.278 e. The van der Waals surface area contributed by atoms with Crippen molar-refractivity contribution in [3.8, 4) is 0 Å². The molecule has 0 spiro atoms. The van der Waals surface area contributed by atoms with E-state index >= 15 is 0 Å². The van der Waals surface area contributed by atoms with Gasteiger partial charge in [-0.15, -0.1) is 5.10 Å². The molecule has 7 rings (SSSR count). The molecule has 0 saturated carbocycles. The van der Waals surface area contributed by atoms with Gasteiger partial charge in [0, 0.05) is 68.7 Å². The number of piperidine rings is 1. The minimum Gasteiger partial charge on any atom is -0.467 e. The van der Waals surface area contributed by atoms with Crippen LogP contribution in [0.2, 0.25) is 0 Å². The van der Waals surface area contributed by atoms with Crippen molar-refractivity contribution >= 4 is 57.3 Å². The van der Waals surface area contributed by atoms with Gasteiger partial charge < -0.3 is 30.2 Å². The van der Waals surface area contributed by atoms with Crippen LogP contribution in [0.5, 0.6) is 0 Å². The Kier molecular flexibility index (Phi) is 15.6. The minimum atomic E-state index is -0.909. The van der Waals surface area contributed by atoms with E-state index in [1.165, 1.54) is 6.33 Å². The van der Waals surface area contributed by atoms with E-state index in [2.05, 4.69) is 80.9 Å². The summed E-state index contributed by atoms with van der Waals surface area (Å²) < 4.78 is 6.38. The number of unbranched alkanes of at least 4 members (excludes halogenated alkanes) is 6. The Morgan fingerprint density at radius 3 is 2.47 bits per heavy atom. The molecule has 2 saturated heterocycles. The van der Waals surface area contributed by atoms with Crippen LogP contribution in [0.15, 0.2) is 87.6 Å². The lowest BCUT2D eigenvalue weighted by molar-refractivity contribution is -0.136. The van der Waals surface area contributed by atoms with Crippen molar-refractivity contribution in [2.45, 2.75) is 83.7 Å². The highest BCUT2D eigenvalue weighted by atomic mass is 16.3. The van der Waals surface area contributed by atoms with Gasteiger partial charge in [0.25, 0.3) is 11.5 Å². The van der Waals surface area contributed by atoms with Crippen LogP contribution in [0.3, 0.4) is 0 Å². The number of aromatic amines is 1. The molecule has 1 unspecified atom stereocenters. The zero-order valence-electron chi connectivity index (χ0n) is 36.1. The maximum atomic E-state index is 13.1. The van der Waals surface area contributed by atoms with Gasteiger partial charge in [-0.05, 0) is 74.2 Å². The van der Waals surface area contributed by atoms with Crippen LogP contribution in [-0.4, -0.2) is 104 Å². The van der Waals surface area contributed by atoms with Crippen LogP contribution < -0.4 is 31.7 Å². The number of piperazine rings is 1. The van der Waals surface area contributed by atoms with Gasteiger partial charge in [0.05, 0.1) is 30.6 Å².